The maximum Gasteiger partial charge on any atom is 0.471 e. The maximum atomic E-state index is 13.8. The van der Waals surface area contributed by atoms with E-state index in [0.717, 1.165) is 11.1 Å². The molecule has 3 aromatic rings. The number of aliphatic imine (C=N–C) groups is 1. The van der Waals surface area contributed by atoms with E-state index in [1.54, 1.807) is 29.8 Å². The van der Waals surface area contributed by atoms with Crippen molar-refractivity contribution < 1.29 is 27.2 Å². The number of nitrogens with two attached hydrogens (primary N) is 1. The lowest BCUT2D eigenvalue weighted by molar-refractivity contribution is -0.170. The molecule has 0 bridgehead atoms. The van der Waals surface area contributed by atoms with Crippen molar-refractivity contribution in [2.75, 3.05) is 35.8 Å². The minimum Gasteiger partial charge on any atom is -0.397 e. The number of anilines is 3. The maximum absolute atomic E-state index is 13.8. The number of hydrogen-bond acceptors (Lipinski definition) is 7. The summed E-state index contributed by atoms with van der Waals surface area (Å²) in [5, 5.41) is 0.439. The third kappa shape index (κ3) is 7.39. The second kappa shape index (κ2) is 13.8. The van der Waals surface area contributed by atoms with Gasteiger partial charge < -0.3 is 15.5 Å². The third-order valence-electron chi connectivity index (χ3n) is 6.92. The molecule has 2 amide bonds. The highest BCUT2D eigenvalue weighted by Gasteiger charge is 2.43. The fraction of sp³-hybridized carbons (Fsp3) is 0.258. The summed E-state index contributed by atoms with van der Waals surface area (Å²) in [5.74, 6) is -2.37. The number of hydrogen-bond donors (Lipinski definition) is 2. The molecule has 44 heavy (non-hydrogen) atoms. The molecule has 2 N–H and O–H groups in total. The van der Waals surface area contributed by atoms with E-state index in [1.807, 2.05) is 49.4 Å². The molecule has 13 heteroatoms. The van der Waals surface area contributed by atoms with Gasteiger partial charge in [-0.2, -0.15) is 13.2 Å². The monoisotopic (exact) mass is 645 g/mol. The van der Waals surface area contributed by atoms with Crippen LogP contribution in [0, 0.1) is 6.92 Å². The van der Waals surface area contributed by atoms with Gasteiger partial charge >= 0.3 is 12.1 Å². The Kier molecular flexibility index (Phi) is 10.3. The van der Waals surface area contributed by atoms with E-state index in [-0.39, 0.29) is 29.5 Å². The van der Waals surface area contributed by atoms with E-state index in [4.69, 9.17) is 10.7 Å². The highest BCUT2D eigenvalue weighted by Crippen LogP contribution is 2.40. The molecule has 0 aromatic heterocycles. The van der Waals surface area contributed by atoms with E-state index in [9.17, 15) is 27.2 Å². The van der Waals surface area contributed by atoms with Crippen molar-refractivity contribution in [1.82, 2.24) is 4.90 Å². The van der Waals surface area contributed by atoms with Gasteiger partial charge in [-0.15, -0.1) is 12.6 Å². The van der Waals surface area contributed by atoms with Crippen LogP contribution >= 0.6 is 24.4 Å². The van der Waals surface area contributed by atoms with E-state index < -0.39 is 25.3 Å². The van der Waals surface area contributed by atoms with Crippen molar-refractivity contribution in [2.24, 2.45) is 4.99 Å². The van der Waals surface area contributed by atoms with Crippen molar-refractivity contribution in [1.29, 1.82) is 0 Å². The van der Waals surface area contributed by atoms with Crippen molar-refractivity contribution >= 4 is 64.1 Å². The van der Waals surface area contributed by atoms with E-state index >= 15 is 0 Å². The van der Waals surface area contributed by atoms with Gasteiger partial charge in [-0.1, -0.05) is 36.4 Å². The zero-order valence-electron chi connectivity index (χ0n) is 24.2. The average molecular weight is 646 g/mol. The van der Waals surface area contributed by atoms with E-state index in [0.29, 0.717) is 37.7 Å². The van der Waals surface area contributed by atoms with Crippen molar-refractivity contribution in [3.63, 3.8) is 0 Å². The third-order valence-corrected chi connectivity index (χ3v) is 8.44. The summed E-state index contributed by atoms with van der Waals surface area (Å²) >= 11 is 5.67. The molecular weight excluding hydrogens is 615 g/mol. The first-order chi connectivity index (χ1) is 20.8. The van der Waals surface area contributed by atoms with Crippen LogP contribution in [0.3, 0.4) is 0 Å². The number of nitrogens with zero attached hydrogens (tertiary/aromatic N) is 4. The van der Waals surface area contributed by atoms with Crippen LogP contribution in [0.4, 0.5) is 40.3 Å². The van der Waals surface area contributed by atoms with Crippen molar-refractivity contribution in [3.05, 3.63) is 88.5 Å². The number of rotatable bonds is 9. The van der Waals surface area contributed by atoms with Crippen LogP contribution in [0.25, 0.3) is 0 Å². The highest BCUT2D eigenvalue weighted by atomic mass is 32.2. The minimum absolute atomic E-state index is 0.0706. The second-order valence-electron chi connectivity index (χ2n) is 10.1. The summed E-state index contributed by atoms with van der Waals surface area (Å²) in [7, 11) is 1.70. The molecule has 0 spiro atoms. The average Bonchev–Trinajstić information content (AvgIpc) is 3.28. The van der Waals surface area contributed by atoms with Gasteiger partial charge in [0, 0.05) is 29.9 Å². The Labute approximate surface area is 262 Å². The predicted octanol–water partition coefficient (Wildman–Crippen LogP) is 7.25. The number of carbonyl (C=O) groups is 2. The van der Waals surface area contributed by atoms with Gasteiger partial charge in [0.25, 0.3) is 5.91 Å². The summed E-state index contributed by atoms with van der Waals surface area (Å²) in [6.07, 6.45) is -5.38. The van der Waals surface area contributed by atoms with Gasteiger partial charge in [-0.25, -0.2) is 4.99 Å². The number of alkyl halides is 4. The number of carbonyl (C=O) groups excluding carboxylic acids is 2. The minimum atomic E-state index is -5.13. The summed E-state index contributed by atoms with van der Waals surface area (Å²) < 4.78 is 52.5. The quantitative estimate of drug-likeness (QED) is 0.111. The van der Waals surface area contributed by atoms with E-state index in [2.05, 4.69) is 12.6 Å². The van der Waals surface area contributed by atoms with Crippen molar-refractivity contribution in [3.8, 4) is 0 Å². The van der Waals surface area contributed by atoms with E-state index in [1.165, 1.54) is 30.0 Å². The van der Waals surface area contributed by atoms with Gasteiger partial charge in [0.05, 0.1) is 35.2 Å². The highest BCUT2D eigenvalue weighted by molar-refractivity contribution is 8.18. The summed E-state index contributed by atoms with van der Waals surface area (Å²) in [6, 6.07) is 19.1. The molecule has 1 aliphatic rings. The van der Waals surface area contributed by atoms with Crippen LogP contribution in [0.15, 0.2) is 87.2 Å². The number of allylic oxidation sites excluding steroid dienone is 1. The largest absolute Gasteiger partial charge is 0.471 e. The standard InChI is InChI=1S/C31H31F4N5O2S2/c1-19-10-12-23(36)24(16-19)37-30-40(18-21-8-5-4-6-9-21)28(41)27(44-30)20(2)38(3)25-13-11-22(17-26(25)43)39(15-7-14-32)29(42)31(33,34)35/h4-6,8-13,16-17,43H,7,14-15,18,36H2,1-3H3/b27-20+,37-30?. The molecule has 232 valence electrons. The first kappa shape index (κ1) is 32.9. The Bertz CT molecular complexity index is 1610. The fourth-order valence-electron chi connectivity index (χ4n) is 4.49. The molecule has 1 saturated heterocycles. The molecule has 0 saturated carbocycles. The molecule has 1 aliphatic heterocycles. The smallest absolute Gasteiger partial charge is 0.397 e. The molecule has 4 rings (SSSR count). The summed E-state index contributed by atoms with van der Waals surface area (Å²) in [5.41, 5.74) is 9.99. The summed E-state index contributed by atoms with van der Waals surface area (Å²) in [6.45, 7) is 2.61. The number of halogens is 4. The van der Waals surface area contributed by atoms with Crippen molar-refractivity contribution in [2.45, 2.75) is 37.9 Å². The normalized spacial score (nSPS) is 15.6. The lowest BCUT2D eigenvalue weighted by Crippen LogP contribution is -2.42. The number of thioether (sulfide) groups is 1. The molecule has 0 aliphatic carbocycles. The number of amidine groups is 1. The Morgan fingerprint density at radius 2 is 1.80 bits per heavy atom. The fourth-order valence-corrected chi connectivity index (χ4v) is 5.91. The number of nitrogen functional groups attached to an aromatic ring is 1. The lowest BCUT2D eigenvalue weighted by Gasteiger charge is -2.27. The molecule has 3 aromatic carbocycles. The van der Waals surface area contributed by atoms with Crippen LogP contribution in [-0.4, -0.2) is 48.3 Å². The molecular formula is C31H31F4N5O2S2. The van der Waals surface area contributed by atoms with Gasteiger partial charge in [0.1, 0.15) is 0 Å². The first-order valence-corrected chi connectivity index (χ1v) is 14.8. The van der Waals surface area contributed by atoms with Gasteiger partial charge in [-0.3, -0.25) is 18.9 Å². The molecule has 7 nitrogen and oxygen atoms in total. The van der Waals surface area contributed by atoms with Crippen LogP contribution in [0.5, 0.6) is 0 Å². The Morgan fingerprint density at radius 1 is 1.09 bits per heavy atom. The topological polar surface area (TPSA) is 82.2 Å². The van der Waals surface area contributed by atoms with Gasteiger partial charge in [0.15, 0.2) is 5.17 Å². The zero-order chi connectivity index (χ0) is 32.2. The molecule has 0 atom stereocenters. The van der Waals surface area contributed by atoms with Gasteiger partial charge in [-0.05, 0) is 73.5 Å². The Hall–Kier alpha value is -3.97. The number of amides is 2. The zero-order valence-corrected chi connectivity index (χ0v) is 25.9. The molecule has 1 fully saturated rings. The molecule has 1 heterocycles. The van der Waals surface area contributed by atoms with Crippen LogP contribution in [0.2, 0.25) is 0 Å². The van der Waals surface area contributed by atoms with Crippen LogP contribution in [0.1, 0.15) is 24.5 Å². The molecule has 0 radical (unpaired) electrons. The first-order valence-electron chi connectivity index (χ1n) is 13.5. The predicted molar refractivity (Wildman–Crippen MR) is 171 cm³/mol. The van der Waals surface area contributed by atoms with Crippen LogP contribution < -0.4 is 15.5 Å². The SMILES string of the molecule is C/C(=C1\SC(=Nc2cc(C)ccc2N)N(Cc2ccccc2)C1=O)N(C)c1ccc(N(CCCF)C(=O)C(F)(F)F)cc1S. The number of benzene rings is 3. The lowest BCUT2D eigenvalue weighted by atomic mass is 10.2. The summed E-state index contributed by atoms with van der Waals surface area (Å²) in [4.78, 5) is 35.1. The van der Waals surface area contributed by atoms with Crippen LogP contribution in [-0.2, 0) is 16.1 Å². The second-order valence-corrected chi connectivity index (χ2v) is 11.5. The Balaban J connectivity index is 1.70. The molecule has 0 unspecified atom stereocenters. The number of aryl methyl sites for hydroxylation is 1. The number of thiol groups is 1. The van der Waals surface area contributed by atoms with Gasteiger partial charge in [0.2, 0.25) is 0 Å². The Morgan fingerprint density at radius 3 is 2.43 bits per heavy atom.